The predicted octanol–water partition coefficient (Wildman–Crippen LogP) is 1.37. The van der Waals surface area contributed by atoms with Gasteiger partial charge in [0.25, 0.3) is 0 Å². The topological polar surface area (TPSA) is 49.4 Å². The number of hydrogen-bond donors (Lipinski definition) is 1. The number of amides is 2. The summed E-state index contributed by atoms with van der Waals surface area (Å²) in [6.07, 6.45) is 2.24. The summed E-state index contributed by atoms with van der Waals surface area (Å²) < 4.78 is 0. The van der Waals surface area contributed by atoms with Crippen LogP contribution in [0, 0.1) is 6.92 Å². The highest BCUT2D eigenvalue weighted by atomic mass is 16.2. The molecule has 2 fully saturated rings. The van der Waals surface area contributed by atoms with Gasteiger partial charge in [-0.25, -0.2) is 0 Å². The first-order valence-corrected chi connectivity index (χ1v) is 7.15. The second kappa shape index (κ2) is 4.62. The average Bonchev–Trinajstić information content (AvgIpc) is 2.98. The van der Waals surface area contributed by atoms with E-state index in [1.807, 2.05) is 30.0 Å². The molecule has 0 bridgehead atoms. The lowest BCUT2D eigenvalue weighted by Crippen LogP contribution is -2.45. The highest BCUT2D eigenvalue weighted by molar-refractivity contribution is 5.91. The van der Waals surface area contributed by atoms with Crippen molar-refractivity contribution in [3.05, 3.63) is 35.4 Å². The zero-order valence-corrected chi connectivity index (χ0v) is 12.0. The molecule has 3 rings (SSSR count). The van der Waals surface area contributed by atoms with Crippen LogP contribution in [0.3, 0.4) is 0 Å². The SMILES string of the molecule is CNC(=O)[C@@]1(c2cccc(C)c2)C[C@@H]2CCC(=O)N2C1. The zero-order chi connectivity index (χ0) is 14.3. The molecule has 0 aliphatic carbocycles. The van der Waals surface area contributed by atoms with Crippen molar-refractivity contribution in [2.75, 3.05) is 13.6 Å². The molecule has 0 radical (unpaired) electrons. The van der Waals surface area contributed by atoms with Crippen LogP contribution in [0.4, 0.5) is 0 Å². The number of likely N-dealkylation sites (N-methyl/N-ethyl adjacent to an activating group) is 1. The number of aryl methyl sites for hydroxylation is 1. The molecular formula is C16H20N2O2. The van der Waals surface area contributed by atoms with Crippen LogP contribution in [0.25, 0.3) is 0 Å². The summed E-state index contributed by atoms with van der Waals surface area (Å²) in [5, 5.41) is 2.79. The molecule has 0 spiro atoms. The number of benzene rings is 1. The number of hydrogen-bond acceptors (Lipinski definition) is 2. The van der Waals surface area contributed by atoms with Gasteiger partial charge in [0.2, 0.25) is 11.8 Å². The van der Waals surface area contributed by atoms with Gasteiger partial charge in [-0.2, -0.15) is 0 Å². The molecule has 2 heterocycles. The predicted molar refractivity (Wildman–Crippen MR) is 76.3 cm³/mol. The molecule has 4 heteroatoms. The Labute approximate surface area is 119 Å². The van der Waals surface area contributed by atoms with Crippen molar-refractivity contribution in [1.82, 2.24) is 10.2 Å². The monoisotopic (exact) mass is 272 g/mol. The van der Waals surface area contributed by atoms with E-state index in [4.69, 9.17) is 0 Å². The van der Waals surface area contributed by atoms with E-state index in [-0.39, 0.29) is 17.9 Å². The molecule has 1 aromatic rings. The molecule has 0 saturated carbocycles. The minimum atomic E-state index is -0.582. The number of carbonyl (C=O) groups excluding carboxylic acids is 2. The maximum Gasteiger partial charge on any atom is 0.232 e. The molecule has 20 heavy (non-hydrogen) atoms. The molecule has 1 N–H and O–H groups in total. The number of nitrogens with zero attached hydrogens (tertiary/aromatic N) is 1. The van der Waals surface area contributed by atoms with Crippen molar-refractivity contribution in [2.24, 2.45) is 0 Å². The van der Waals surface area contributed by atoms with Gasteiger partial charge in [-0.15, -0.1) is 0 Å². The molecule has 4 nitrogen and oxygen atoms in total. The lowest BCUT2D eigenvalue weighted by molar-refractivity contribution is -0.129. The normalized spacial score (nSPS) is 28.6. The minimum absolute atomic E-state index is 0.0188. The first-order chi connectivity index (χ1) is 9.56. The van der Waals surface area contributed by atoms with Gasteiger partial charge >= 0.3 is 0 Å². The van der Waals surface area contributed by atoms with Gasteiger partial charge in [-0.1, -0.05) is 29.8 Å². The summed E-state index contributed by atoms with van der Waals surface area (Å²) >= 11 is 0. The number of carbonyl (C=O) groups is 2. The Bertz CT molecular complexity index is 569. The molecule has 2 saturated heterocycles. The quantitative estimate of drug-likeness (QED) is 0.884. The van der Waals surface area contributed by atoms with Crippen molar-refractivity contribution in [2.45, 2.75) is 37.6 Å². The van der Waals surface area contributed by atoms with Crippen LogP contribution < -0.4 is 5.32 Å². The van der Waals surface area contributed by atoms with E-state index < -0.39 is 5.41 Å². The van der Waals surface area contributed by atoms with Crippen molar-refractivity contribution >= 4 is 11.8 Å². The van der Waals surface area contributed by atoms with Crippen LogP contribution in [0.5, 0.6) is 0 Å². The highest BCUT2D eigenvalue weighted by Gasteiger charge is 2.53. The summed E-state index contributed by atoms with van der Waals surface area (Å²) in [6.45, 7) is 2.54. The lowest BCUT2D eigenvalue weighted by Gasteiger charge is -2.28. The second-order valence-corrected chi connectivity index (χ2v) is 5.95. The van der Waals surface area contributed by atoms with E-state index in [9.17, 15) is 9.59 Å². The maximum atomic E-state index is 12.5. The Hall–Kier alpha value is -1.84. The lowest BCUT2D eigenvalue weighted by atomic mass is 9.76. The van der Waals surface area contributed by atoms with Crippen molar-refractivity contribution in [3.63, 3.8) is 0 Å². The molecule has 1 aromatic carbocycles. The summed E-state index contributed by atoms with van der Waals surface area (Å²) in [5.41, 5.74) is 1.59. The van der Waals surface area contributed by atoms with Crippen LogP contribution in [0.2, 0.25) is 0 Å². The van der Waals surface area contributed by atoms with Gasteiger partial charge in [-0.3, -0.25) is 9.59 Å². The average molecular weight is 272 g/mol. The summed E-state index contributed by atoms with van der Waals surface area (Å²) in [6, 6.07) is 8.32. The number of rotatable bonds is 2. The molecule has 2 amide bonds. The van der Waals surface area contributed by atoms with E-state index in [1.165, 1.54) is 0 Å². The largest absolute Gasteiger partial charge is 0.358 e. The van der Waals surface area contributed by atoms with Crippen LogP contribution in [-0.2, 0) is 15.0 Å². The zero-order valence-electron chi connectivity index (χ0n) is 12.0. The fourth-order valence-electron chi connectivity index (χ4n) is 3.67. The smallest absolute Gasteiger partial charge is 0.232 e. The van der Waals surface area contributed by atoms with E-state index in [1.54, 1.807) is 7.05 Å². The van der Waals surface area contributed by atoms with Crippen molar-refractivity contribution in [3.8, 4) is 0 Å². The van der Waals surface area contributed by atoms with Crippen molar-refractivity contribution < 1.29 is 9.59 Å². The van der Waals surface area contributed by atoms with Gasteiger partial charge in [0.05, 0.1) is 5.41 Å². The minimum Gasteiger partial charge on any atom is -0.358 e. The van der Waals surface area contributed by atoms with Gasteiger partial charge in [0.1, 0.15) is 0 Å². The third-order valence-electron chi connectivity index (χ3n) is 4.71. The van der Waals surface area contributed by atoms with Gasteiger partial charge < -0.3 is 10.2 Å². The molecular weight excluding hydrogens is 252 g/mol. The van der Waals surface area contributed by atoms with Crippen LogP contribution >= 0.6 is 0 Å². The third kappa shape index (κ3) is 1.82. The Balaban J connectivity index is 2.04. The van der Waals surface area contributed by atoms with Crippen LogP contribution in [-0.4, -0.2) is 36.3 Å². The molecule has 0 aromatic heterocycles. The third-order valence-corrected chi connectivity index (χ3v) is 4.71. The summed E-state index contributed by atoms with van der Waals surface area (Å²) in [4.78, 5) is 26.4. The molecule has 0 unspecified atom stereocenters. The Morgan fingerprint density at radius 1 is 1.45 bits per heavy atom. The number of fused-ring (bicyclic) bond motifs is 1. The van der Waals surface area contributed by atoms with E-state index >= 15 is 0 Å². The van der Waals surface area contributed by atoms with E-state index in [0.29, 0.717) is 13.0 Å². The second-order valence-electron chi connectivity index (χ2n) is 5.95. The number of nitrogens with one attached hydrogen (secondary N) is 1. The van der Waals surface area contributed by atoms with Crippen molar-refractivity contribution in [1.29, 1.82) is 0 Å². The van der Waals surface area contributed by atoms with Gasteiger partial charge in [0, 0.05) is 26.1 Å². The Morgan fingerprint density at radius 3 is 2.90 bits per heavy atom. The Kier molecular flexibility index (Phi) is 3.04. The summed E-state index contributed by atoms with van der Waals surface area (Å²) in [5.74, 6) is 0.207. The molecule has 2 aliphatic rings. The first kappa shape index (κ1) is 13.2. The maximum absolute atomic E-state index is 12.5. The van der Waals surface area contributed by atoms with Crippen LogP contribution in [0.1, 0.15) is 30.4 Å². The molecule has 2 aliphatic heterocycles. The molecule has 2 atom stereocenters. The molecule has 106 valence electrons. The van der Waals surface area contributed by atoms with Gasteiger partial charge in [-0.05, 0) is 25.3 Å². The van der Waals surface area contributed by atoms with E-state index in [2.05, 4.69) is 11.4 Å². The highest BCUT2D eigenvalue weighted by Crippen LogP contribution is 2.43. The summed E-state index contributed by atoms with van der Waals surface area (Å²) in [7, 11) is 1.67. The standard InChI is InChI=1S/C16H20N2O2/c1-11-4-3-5-12(8-11)16(15(20)17-2)9-13-6-7-14(19)18(13)10-16/h3-5,8,13H,6-7,9-10H2,1-2H3,(H,17,20)/t13-,16-/m0/s1. The fraction of sp³-hybridized carbons (Fsp3) is 0.500. The Morgan fingerprint density at radius 2 is 2.25 bits per heavy atom. The van der Waals surface area contributed by atoms with Crippen LogP contribution in [0.15, 0.2) is 24.3 Å². The first-order valence-electron chi connectivity index (χ1n) is 7.15. The fourth-order valence-corrected chi connectivity index (χ4v) is 3.67. The van der Waals surface area contributed by atoms with E-state index in [0.717, 1.165) is 24.0 Å². The van der Waals surface area contributed by atoms with Gasteiger partial charge in [0.15, 0.2) is 0 Å².